The van der Waals surface area contributed by atoms with E-state index in [-0.39, 0.29) is 5.78 Å². The molecule has 12 heavy (non-hydrogen) atoms. The van der Waals surface area contributed by atoms with Gasteiger partial charge in [0.25, 0.3) is 0 Å². The summed E-state index contributed by atoms with van der Waals surface area (Å²) in [5.74, 6) is 0.0290. The SMILES string of the molecule is C=Cn1cc(/C=C/C(C)=O)cn1. The highest BCUT2D eigenvalue weighted by atomic mass is 16.1. The minimum Gasteiger partial charge on any atom is -0.295 e. The van der Waals surface area contributed by atoms with E-state index in [1.54, 1.807) is 29.4 Å². The van der Waals surface area contributed by atoms with Crippen LogP contribution in [0.1, 0.15) is 12.5 Å². The lowest BCUT2D eigenvalue weighted by Gasteiger charge is -1.83. The van der Waals surface area contributed by atoms with Gasteiger partial charge in [-0.15, -0.1) is 0 Å². The van der Waals surface area contributed by atoms with Crippen LogP contribution in [0.15, 0.2) is 25.0 Å². The molecular weight excluding hydrogens is 152 g/mol. The van der Waals surface area contributed by atoms with Crippen LogP contribution in [-0.4, -0.2) is 15.6 Å². The second kappa shape index (κ2) is 3.67. The Balaban J connectivity index is 2.76. The van der Waals surface area contributed by atoms with Crippen molar-refractivity contribution < 1.29 is 4.79 Å². The smallest absolute Gasteiger partial charge is 0.152 e. The van der Waals surface area contributed by atoms with Crippen LogP contribution in [0.3, 0.4) is 0 Å². The summed E-state index contributed by atoms with van der Waals surface area (Å²) >= 11 is 0. The second-order valence-electron chi connectivity index (χ2n) is 2.38. The van der Waals surface area contributed by atoms with Gasteiger partial charge in [0.2, 0.25) is 0 Å². The predicted molar refractivity (Wildman–Crippen MR) is 48.3 cm³/mol. The Bertz CT molecular complexity index is 323. The Hall–Kier alpha value is -1.64. The normalized spacial score (nSPS) is 10.4. The van der Waals surface area contributed by atoms with E-state index in [1.807, 2.05) is 0 Å². The zero-order valence-corrected chi connectivity index (χ0v) is 6.90. The first kappa shape index (κ1) is 8.46. The third-order valence-electron chi connectivity index (χ3n) is 1.32. The van der Waals surface area contributed by atoms with Gasteiger partial charge in [0.15, 0.2) is 5.78 Å². The number of hydrogen-bond acceptors (Lipinski definition) is 2. The van der Waals surface area contributed by atoms with Crippen molar-refractivity contribution in [3.8, 4) is 0 Å². The molecule has 0 amide bonds. The number of carbonyl (C=O) groups excluding carboxylic acids is 1. The fourth-order valence-electron chi connectivity index (χ4n) is 0.752. The standard InChI is InChI=1S/C9H10N2O/c1-3-11-7-9(6-10-11)5-4-8(2)12/h3-7H,1H2,2H3/b5-4+. The summed E-state index contributed by atoms with van der Waals surface area (Å²) in [6.45, 7) is 5.06. The minimum absolute atomic E-state index is 0.0290. The first-order chi connectivity index (χ1) is 5.72. The van der Waals surface area contributed by atoms with E-state index < -0.39 is 0 Å². The van der Waals surface area contributed by atoms with Crippen LogP contribution in [0, 0.1) is 0 Å². The monoisotopic (exact) mass is 162 g/mol. The van der Waals surface area contributed by atoms with Crippen LogP contribution < -0.4 is 0 Å². The van der Waals surface area contributed by atoms with Crippen LogP contribution in [0.4, 0.5) is 0 Å². The molecular formula is C9H10N2O. The summed E-state index contributed by atoms with van der Waals surface area (Å²) < 4.78 is 1.58. The third-order valence-corrected chi connectivity index (χ3v) is 1.32. The van der Waals surface area contributed by atoms with Gasteiger partial charge in [-0.25, -0.2) is 4.68 Å². The maximum atomic E-state index is 10.6. The van der Waals surface area contributed by atoms with Crippen LogP contribution in [0.2, 0.25) is 0 Å². The van der Waals surface area contributed by atoms with Crippen molar-refractivity contribution >= 4 is 18.1 Å². The Morgan fingerprint density at radius 1 is 1.75 bits per heavy atom. The zero-order chi connectivity index (χ0) is 8.97. The molecule has 3 heteroatoms. The number of hydrogen-bond donors (Lipinski definition) is 0. The average Bonchev–Trinajstić information content (AvgIpc) is 2.48. The van der Waals surface area contributed by atoms with Crippen LogP contribution in [-0.2, 0) is 4.79 Å². The largest absolute Gasteiger partial charge is 0.295 e. The number of nitrogens with zero attached hydrogens (tertiary/aromatic N) is 2. The molecule has 0 bridgehead atoms. The highest BCUT2D eigenvalue weighted by molar-refractivity contribution is 5.91. The number of aromatic nitrogens is 2. The summed E-state index contributed by atoms with van der Waals surface area (Å²) in [5, 5.41) is 3.95. The van der Waals surface area contributed by atoms with Crippen molar-refractivity contribution in [1.29, 1.82) is 0 Å². The molecule has 0 radical (unpaired) electrons. The van der Waals surface area contributed by atoms with E-state index in [0.29, 0.717) is 0 Å². The van der Waals surface area contributed by atoms with E-state index in [9.17, 15) is 4.79 Å². The van der Waals surface area contributed by atoms with Crippen LogP contribution in [0.25, 0.3) is 12.3 Å². The number of ketones is 1. The molecule has 0 spiro atoms. The molecule has 0 aliphatic carbocycles. The minimum atomic E-state index is 0.0290. The molecule has 0 unspecified atom stereocenters. The summed E-state index contributed by atoms with van der Waals surface area (Å²) in [7, 11) is 0. The van der Waals surface area contributed by atoms with Crippen molar-refractivity contribution in [1.82, 2.24) is 9.78 Å². The zero-order valence-electron chi connectivity index (χ0n) is 6.90. The molecule has 0 N–H and O–H groups in total. The molecule has 62 valence electrons. The van der Waals surface area contributed by atoms with Gasteiger partial charge in [0.1, 0.15) is 0 Å². The van der Waals surface area contributed by atoms with E-state index in [2.05, 4.69) is 11.7 Å². The van der Waals surface area contributed by atoms with Gasteiger partial charge in [-0.2, -0.15) is 5.10 Å². The fourth-order valence-corrected chi connectivity index (χ4v) is 0.752. The van der Waals surface area contributed by atoms with Gasteiger partial charge in [-0.1, -0.05) is 6.58 Å². The molecule has 0 atom stereocenters. The van der Waals surface area contributed by atoms with E-state index in [1.165, 1.54) is 13.0 Å². The fraction of sp³-hybridized carbons (Fsp3) is 0.111. The highest BCUT2D eigenvalue weighted by Gasteiger charge is 1.90. The third kappa shape index (κ3) is 2.20. The second-order valence-corrected chi connectivity index (χ2v) is 2.38. The lowest BCUT2D eigenvalue weighted by molar-refractivity contribution is -0.112. The van der Waals surface area contributed by atoms with Crippen LogP contribution in [0.5, 0.6) is 0 Å². The van der Waals surface area contributed by atoms with Gasteiger partial charge in [0, 0.05) is 18.0 Å². The summed E-state index contributed by atoms with van der Waals surface area (Å²) in [5.41, 5.74) is 0.894. The number of rotatable bonds is 3. The summed E-state index contributed by atoms with van der Waals surface area (Å²) in [6, 6.07) is 0. The van der Waals surface area contributed by atoms with Crippen molar-refractivity contribution in [2.45, 2.75) is 6.92 Å². The molecule has 0 saturated heterocycles. The maximum Gasteiger partial charge on any atom is 0.152 e. The van der Waals surface area contributed by atoms with E-state index >= 15 is 0 Å². The van der Waals surface area contributed by atoms with Crippen molar-refractivity contribution in [3.05, 3.63) is 30.6 Å². The Kier molecular flexibility index (Phi) is 2.58. The predicted octanol–water partition coefficient (Wildman–Crippen LogP) is 1.59. The Morgan fingerprint density at radius 2 is 2.50 bits per heavy atom. The average molecular weight is 162 g/mol. The molecule has 0 aromatic carbocycles. The summed E-state index contributed by atoms with van der Waals surface area (Å²) in [6.07, 6.45) is 8.26. The molecule has 0 fully saturated rings. The van der Waals surface area contributed by atoms with Crippen molar-refractivity contribution in [2.75, 3.05) is 0 Å². The topological polar surface area (TPSA) is 34.9 Å². The number of allylic oxidation sites excluding steroid dienone is 1. The lowest BCUT2D eigenvalue weighted by Crippen LogP contribution is -1.81. The van der Waals surface area contributed by atoms with Crippen LogP contribution >= 0.6 is 0 Å². The van der Waals surface area contributed by atoms with Gasteiger partial charge >= 0.3 is 0 Å². The molecule has 1 heterocycles. The van der Waals surface area contributed by atoms with Crippen molar-refractivity contribution in [3.63, 3.8) is 0 Å². The van der Waals surface area contributed by atoms with Gasteiger partial charge < -0.3 is 0 Å². The van der Waals surface area contributed by atoms with Crippen molar-refractivity contribution in [2.24, 2.45) is 0 Å². The Morgan fingerprint density at radius 3 is 3.00 bits per heavy atom. The van der Waals surface area contributed by atoms with Gasteiger partial charge in [-0.05, 0) is 19.1 Å². The molecule has 1 rings (SSSR count). The van der Waals surface area contributed by atoms with Gasteiger partial charge in [-0.3, -0.25) is 4.79 Å². The first-order valence-corrected chi connectivity index (χ1v) is 3.58. The maximum absolute atomic E-state index is 10.6. The molecule has 0 aliphatic heterocycles. The quantitative estimate of drug-likeness (QED) is 0.632. The molecule has 1 aromatic rings. The molecule has 3 nitrogen and oxygen atoms in total. The van der Waals surface area contributed by atoms with Gasteiger partial charge in [0.05, 0.1) is 6.20 Å². The van der Waals surface area contributed by atoms with E-state index in [4.69, 9.17) is 0 Å². The lowest BCUT2D eigenvalue weighted by atomic mass is 10.3. The first-order valence-electron chi connectivity index (χ1n) is 3.58. The molecule has 0 saturated carbocycles. The highest BCUT2D eigenvalue weighted by Crippen LogP contribution is 2.00. The molecule has 1 aromatic heterocycles. The van der Waals surface area contributed by atoms with E-state index in [0.717, 1.165) is 5.56 Å². The summed E-state index contributed by atoms with van der Waals surface area (Å²) in [4.78, 5) is 10.6. The number of carbonyl (C=O) groups is 1. The molecule has 0 aliphatic rings. The Labute approximate surface area is 71.0 Å².